The van der Waals surface area contributed by atoms with Crippen LogP contribution in [0.4, 0.5) is 17.6 Å². The SMILES string of the molecule is CCCC(C)(C)C(=O)NCCc1ccc(F)[c-]c1F.CCCC(C)(C)C(=O)NCCc1ccc(F)[c-]c1F.[C-]1=CC=CC1.[C-]1=CC=CC1.[Ti+4]. The van der Waals surface area contributed by atoms with Crippen LogP contribution in [-0.4, -0.2) is 24.9 Å². The van der Waals surface area contributed by atoms with Crippen LogP contribution in [0.25, 0.3) is 0 Å². The van der Waals surface area contributed by atoms with E-state index >= 15 is 0 Å². The smallest absolute Gasteiger partial charge is 0.356 e. The van der Waals surface area contributed by atoms with Crippen LogP contribution in [0.1, 0.15) is 91.2 Å². The van der Waals surface area contributed by atoms with E-state index in [-0.39, 0.29) is 33.5 Å². The number of carbonyl (C=O) groups excluding carboxylic acids is 2. The molecule has 0 atom stereocenters. The molecule has 9 heteroatoms. The van der Waals surface area contributed by atoms with Crippen LogP contribution in [0, 0.1) is 58.4 Å². The Morgan fingerprint density at radius 3 is 1.29 bits per heavy atom. The molecule has 2 aromatic carbocycles. The molecule has 49 heavy (non-hydrogen) atoms. The van der Waals surface area contributed by atoms with Gasteiger partial charge in [0.15, 0.2) is 0 Å². The molecule has 2 N–H and O–H groups in total. The third-order valence-electron chi connectivity index (χ3n) is 7.39. The molecule has 0 aliphatic heterocycles. The molecule has 0 bridgehead atoms. The zero-order valence-corrected chi connectivity index (χ0v) is 31.2. The van der Waals surface area contributed by atoms with Crippen LogP contribution < -0.4 is 10.6 Å². The minimum Gasteiger partial charge on any atom is -0.356 e. The first kappa shape index (κ1) is 45.8. The summed E-state index contributed by atoms with van der Waals surface area (Å²) in [6, 6.07) is 9.06. The fourth-order valence-electron chi connectivity index (χ4n) is 4.59. The van der Waals surface area contributed by atoms with Gasteiger partial charge in [0.1, 0.15) is 0 Å². The summed E-state index contributed by atoms with van der Waals surface area (Å²) in [6.45, 7) is 12.3. The summed E-state index contributed by atoms with van der Waals surface area (Å²) < 4.78 is 52.0. The summed E-state index contributed by atoms with van der Waals surface area (Å²) in [5.74, 6) is -2.89. The third kappa shape index (κ3) is 19.5. The van der Waals surface area contributed by atoms with Gasteiger partial charge in [0.2, 0.25) is 11.8 Å². The molecule has 0 saturated heterocycles. The molecule has 4 nitrogen and oxygen atoms in total. The van der Waals surface area contributed by atoms with Crippen molar-refractivity contribution in [3.8, 4) is 0 Å². The molecular weight excluding hydrogens is 664 g/mol. The van der Waals surface area contributed by atoms with E-state index in [0.29, 0.717) is 37.1 Å². The predicted molar refractivity (Wildman–Crippen MR) is 184 cm³/mol. The second-order valence-electron chi connectivity index (χ2n) is 12.6. The van der Waals surface area contributed by atoms with Gasteiger partial charge in [-0.1, -0.05) is 67.2 Å². The summed E-state index contributed by atoms with van der Waals surface area (Å²) in [6.07, 6.45) is 24.1. The van der Waals surface area contributed by atoms with E-state index < -0.39 is 34.1 Å². The van der Waals surface area contributed by atoms with Crippen LogP contribution in [-0.2, 0) is 44.1 Å². The average Bonchev–Trinajstić information content (AvgIpc) is 3.80. The molecule has 0 spiro atoms. The van der Waals surface area contributed by atoms with Crippen molar-refractivity contribution in [1.82, 2.24) is 10.6 Å². The minimum atomic E-state index is -0.714. The van der Waals surface area contributed by atoms with E-state index in [9.17, 15) is 27.2 Å². The molecule has 2 aliphatic rings. The first-order valence-electron chi connectivity index (χ1n) is 16.5. The van der Waals surface area contributed by atoms with E-state index in [2.05, 4.69) is 34.9 Å². The Morgan fingerprint density at radius 2 is 1.04 bits per heavy atom. The van der Waals surface area contributed by atoms with Gasteiger partial charge in [-0.25, -0.2) is 41.9 Å². The molecule has 0 radical (unpaired) electrons. The van der Waals surface area contributed by atoms with E-state index in [4.69, 9.17) is 0 Å². The van der Waals surface area contributed by atoms with Crippen molar-refractivity contribution in [3.63, 3.8) is 0 Å². The van der Waals surface area contributed by atoms with Gasteiger partial charge >= 0.3 is 21.7 Å². The van der Waals surface area contributed by atoms with Crippen molar-refractivity contribution < 1.29 is 48.9 Å². The maximum absolute atomic E-state index is 13.3. The van der Waals surface area contributed by atoms with Gasteiger partial charge in [0, 0.05) is 47.2 Å². The molecule has 264 valence electrons. The topological polar surface area (TPSA) is 58.2 Å². The monoisotopic (exact) mass is 714 g/mol. The number of hydrogen-bond donors (Lipinski definition) is 2. The molecule has 4 rings (SSSR count). The fraction of sp³-hybridized carbons (Fsp3) is 0.450. The zero-order valence-electron chi connectivity index (χ0n) is 29.7. The van der Waals surface area contributed by atoms with E-state index in [1.54, 1.807) is 0 Å². The first-order valence-corrected chi connectivity index (χ1v) is 16.5. The van der Waals surface area contributed by atoms with Gasteiger partial charge in [0.05, 0.1) is 0 Å². The summed E-state index contributed by atoms with van der Waals surface area (Å²) in [5.41, 5.74) is -0.116. The van der Waals surface area contributed by atoms with Gasteiger partial charge in [-0.05, 0) is 12.8 Å². The summed E-state index contributed by atoms with van der Waals surface area (Å²) >= 11 is 0. The number of halogens is 4. The Hall–Kier alpha value is -3.23. The van der Waals surface area contributed by atoms with Gasteiger partial charge in [-0.15, -0.1) is 48.2 Å². The fourth-order valence-corrected chi connectivity index (χ4v) is 4.59. The van der Waals surface area contributed by atoms with E-state index in [1.807, 2.05) is 78.0 Å². The second-order valence-corrected chi connectivity index (χ2v) is 12.6. The summed E-state index contributed by atoms with van der Waals surface area (Å²) in [5, 5.41) is 5.57. The van der Waals surface area contributed by atoms with Crippen LogP contribution >= 0.6 is 0 Å². The molecule has 0 saturated carbocycles. The Kier molecular flexibility index (Phi) is 23.2. The Labute approximate surface area is 306 Å². The number of allylic oxidation sites excluding steroid dienone is 8. The largest absolute Gasteiger partial charge is 4.00 e. The number of carbonyl (C=O) groups is 2. The van der Waals surface area contributed by atoms with Crippen LogP contribution in [0.3, 0.4) is 0 Å². The molecule has 2 amide bonds. The number of nitrogens with one attached hydrogen (secondary N) is 2. The maximum Gasteiger partial charge on any atom is 4.00 e. The van der Waals surface area contributed by atoms with Gasteiger partial charge in [-0.2, -0.15) is 24.3 Å². The van der Waals surface area contributed by atoms with E-state index in [1.165, 1.54) is 24.3 Å². The molecule has 0 aromatic heterocycles. The average molecular weight is 715 g/mol. The van der Waals surface area contributed by atoms with Gasteiger partial charge < -0.3 is 10.6 Å². The van der Waals surface area contributed by atoms with Gasteiger partial charge in [0.25, 0.3) is 0 Å². The van der Waals surface area contributed by atoms with E-state index in [0.717, 1.165) is 38.5 Å². The Balaban J connectivity index is 0.000000717. The number of amides is 2. The minimum absolute atomic E-state index is 0. The van der Waals surface area contributed by atoms with Gasteiger partial charge in [-0.3, -0.25) is 21.7 Å². The standard InChI is InChI=1S/2C15H20F2NO.2C5H5.Ti/c2*1-4-8-15(2,3)14(19)18-9-7-11-5-6-12(16)10-13(11)17;2*1-2-4-5-3-1;/h2*5-6H,4,7-9H2,1-3H3,(H,18,19);2*1-3H,4H2;/q4*-1;+4. The van der Waals surface area contributed by atoms with Crippen molar-refractivity contribution in [2.75, 3.05) is 13.1 Å². The molecule has 0 heterocycles. The molecule has 0 fully saturated rings. The van der Waals surface area contributed by atoms with Crippen molar-refractivity contribution in [2.45, 2.75) is 92.9 Å². The number of hydrogen-bond acceptors (Lipinski definition) is 2. The number of rotatable bonds is 12. The quantitative estimate of drug-likeness (QED) is 0.131. The van der Waals surface area contributed by atoms with Crippen LogP contribution in [0.15, 0.2) is 60.7 Å². The zero-order chi connectivity index (χ0) is 36.0. The molecule has 2 aliphatic carbocycles. The molecule has 0 unspecified atom stereocenters. The Bertz CT molecular complexity index is 1280. The van der Waals surface area contributed by atoms with Crippen molar-refractivity contribution >= 4 is 11.8 Å². The van der Waals surface area contributed by atoms with Crippen molar-refractivity contribution in [2.24, 2.45) is 10.8 Å². The number of benzene rings is 2. The third-order valence-corrected chi connectivity index (χ3v) is 7.39. The summed E-state index contributed by atoms with van der Waals surface area (Å²) in [7, 11) is 0. The predicted octanol–water partition coefficient (Wildman–Crippen LogP) is 9.11. The molecular formula is C40H50F4N2O2Ti. The molecule has 2 aromatic rings. The van der Waals surface area contributed by atoms with Crippen molar-refractivity contribution in [3.05, 3.63) is 119 Å². The van der Waals surface area contributed by atoms with Crippen LogP contribution in [0.5, 0.6) is 0 Å². The first-order chi connectivity index (χ1) is 22.7. The maximum atomic E-state index is 13.3. The normalized spacial score (nSPS) is 12.4. The second kappa shape index (κ2) is 24.8. The summed E-state index contributed by atoms with van der Waals surface area (Å²) in [4.78, 5) is 23.8. The van der Waals surface area contributed by atoms with Crippen LogP contribution in [0.2, 0.25) is 0 Å². The van der Waals surface area contributed by atoms with Crippen molar-refractivity contribution in [1.29, 1.82) is 0 Å². The Morgan fingerprint density at radius 1 is 0.673 bits per heavy atom.